The third-order valence-electron chi connectivity index (χ3n) is 6.17. The number of fused-ring (bicyclic) bond motifs is 2. The van der Waals surface area contributed by atoms with E-state index in [1.807, 2.05) is 72.8 Å². The molecule has 0 spiro atoms. The van der Waals surface area contributed by atoms with E-state index in [1.54, 1.807) is 12.1 Å². The van der Waals surface area contributed by atoms with Crippen molar-refractivity contribution in [3.8, 4) is 0 Å². The second-order valence-corrected chi connectivity index (χ2v) is 8.58. The Balaban J connectivity index is 1.37. The molecule has 0 amide bonds. The number of aromatic nitrogens is 2. The molecule has 0 aliphatic rings. The van der Waals surface area contributed by atoms with Gasteiger partial charge in [-0.1, -0.05) is 54.6 Å². The van der Waals surface area contributed by atoms with E-state index >= 15 is 0 Å². The van der Waals surface area contributed by atoms with Crippen molar-refractivity contribution in [3.05, 3.63) is 119 Å². The highest BCUT2D eigenvalue weighted by molar-refractivity contribution is 5.79. The van der Waals surface area contributed by atoms with Crippen LogP contribution in [0.25, 0.3) is 21.8 Å². The average Bonchev–Trinajstić information content (AvgIpc) is 2.88. The first kappa shape index (κ1) is 23.0. The molecule has 5 aromatic rings. The number of aliphatic hydroxyl groups is 2. The summed E-state index contributed by atoms with van der Waals surface area (Å²) in [6.07, 6.45) is -1.57. The number of quaternary nitrogens is 1. The Kier molecular flexibility index (Phi) is 6.50. The summed E-state index contributed by atoms with van der Waals surface area (Å²) in [7, 11) is 0. The zero-order chi connectivity index (χ0) is 24.4. The van der Waals surface area contributed by atoms with E-state index in [-0.39, 0.29) is 24.1 Å². The molecule has 0 bridgehead atoms. The first-order valence-corrected chi connectivity index (χ1v) is 11.4. The monoisotopic (exact) mass is 467 g/mol. The summed E-state index contributed by atoms with van der Waals surface area (Å²) in [5, 5.41) is 44.4. The molecule has 0 saturated heterocycles. The number of pyridine rings is 2. The number of aliphatic hydroxyl groups excluding tert-OH is 2. The largest absolute Gasteiger partial charge is 0.595 e. The fraction of sp³-hybridized carbons (Fsp3) is 0.143. The molecular formula is C28H25N3O4. The molecule has 7 nitrogen and oxygen atoms in total. The Labute approximate surface area is 202 Å². The van der Waals surface area contributed by atoms with Crippen LogP contribution in [0, 0.1) is 5.21 Å². The zero-order valence-electron chi connectivity index (χ0n) is 18.9. The Bertz CT molecular complexity index is 1490. The van der Waals surface area contributed by atoms with E-state index in [0.29, 0.717) is 17.0 Å². The number of rotatable bonds is 7. The van der Waals surface area contributed by atoms with Gasteiger partial charge in [0, 0.05) is 46.6 Å². The molecule has 0 aliphatic carbocycles. The third kappa shape index (κ3) is 5.05. The average molecular weight is 468 g/mol. The molecule has 35 heavy (non-hydrogen) atoms. The normalized spacial score (nSPS) is 14.2. The van der Waals surface area contributed by atoms with Crippen molar-refractivity contribution in [2.45, 2.75) is 25.0 Å². The Morgan fingerprint density at radius 1 is 0.686 bits per heavy atom. The molecule has 3 aromatic carbocycles. The van der Waals surface area contributed by atoms with Gasteiger partial charge < -0.3 is 15.4 Å². The van der Waals surface area contributed by atoms with Crippen LogP contribution in [0.4, 0.5) is 5.69 Å². The minimum absolute atomic E-state index is 0.0405. The van der Waals surface area contributed by atoms with Gasteiger partial charge in [-0.3, -0.25) is 9.97 Å². The maximum atomic E-state index is 12.0. The minimum Gasteiger partial charge on any atom is -0.595 e. The lowest BCUT2D eigenvalue weighted by molar-refractivity contribution is -0.991. The quantitative estimate of drug-likeness (QED) is 0.271. The van der Waals surface area contributed by atoms with Crippen LogP contribution in [-0.4, -0.2) is 25.4 Å². The van der Waals surface area contributed by atoms with Crippen LogP contribution in [0.15, 0.2) is 91.0 Å². The Morgan fingerprint density at radius 2 is 1.23 bits per heavy atom. The molecule has 2 heterocycles. The van der Waals surface area contributed by atoms with Gasteiger partial charge in [-0.2, -0.15) is 5.23 Å². The van der Waals surface area contributed by atoms with Gasteiger partial charge in [0.15, 0.2) is 5.69 Å². The summed E-state index contributed by atoms with van der Waals surface area (Å²) in [6, 6.07) is 27.7. The van der Waals surface area contributed by atoms with Crippen molar-refractivity contribution in [2.24, 2.45) is 0 Å². The molecule has 0 aliphatic heterocycles. The van der Waals surface area contributed by atoms with Gasteiger partial charge in [0.25, 0.3) is 0 Å². The van der Waals surface area contributed by atoms with Crippen LogP contribution in [0.2, 0.25) is 0 Å². The second kappa shape index (κ2) is 9.87. The maximum absolute atomic E-state index is 12.0. The van der Waals surface area contributed by atoms with E-state index in [2.05, 4.69) is 9.97 Å². The second-order valence-electron chi connectivity index (χ2n) is 8.58. The summed E-state index contributed by atoms with van der Waals surface area (Å²) in [5.74, 6) is 0. The van der Waals surface area contributed by atoms with Crippen molar-refractivity contribution in [3.63, 3.8) is 0 Å². The summed E-state index contributed by atoms with van der Waals surface area (Å²) in [4.78, 5) is 9.16. The minimum atomic E-state index is -1.16. The molecule has 1 unspecified atom stereocenters. The number of hydrogen-bond acceptors (Lipinski definition) is 6. The van der Waals surface area contributed by atoms with Gasteiger partial charge >= 0.3 is 0 Å². The van der Waals surface area contributed by atoms with Gasteiger partial charge in [-0.25, -0.2) is 5.21 Å². The fourth-order valence-electron chi connectivity index (χ4n) is 4.32. The molecule has 3 atom stereocenters. The molecule has 0 radical (unpaired) electrons. The van der Waals surface area contributed by atoms with Crippen molar-refractivity contribution in [2.75, 3.05) is 0 Å². The van der Waals surface area contributed by atoms with Crippen molar-refractivity contribution in [1.82, 2.24) is 9.97 Å². The number of benzene rings is 3. The predicted molar refractivity (Wildman–Crippen MR) is 133 cm³/mol. The van der Waals surface area contributed by atoms with Crippen LogP contribution in [0.5, 0.6) is 0 Å². The summed E-state index contributed by atoms with van der Waals surface area (Å²) in [6.45, 7) is 0. The number of nitrogens with one attached hydrogen (secondary N) is 1. The maximum Gasteiger partial charge on any atom is 0.170 e. The van der Waals surface area contributed by atoms with E-state index in [0.717, 1.165) is 21.8 Å². The predicted octanol–water partition coefficient (Wildman–Crippen LogP) is 3.74. The molecule has 7 heteroatoms. The van der Waals surface area contributed by atoms with Gasteiger partial charge in [0.05, 0.1) is 23.2 Å². The summed E-state index contributed by atoms with van der Waals surface area (Å²) >= 11 is 0. The van der Waals surface area contributed by atoms with Crippen molar-refractivity contribution >= 4 is 27.5 Å². The molecule has 0 saturated carbocycles. The smallest absolute Gasteiger partial charge is 0.170 e. The molecular weight excluding hydrogens is 442 g/mol. The lowest BCUT2D eigenvalue weighted by atomic mass is 9.97. The lowest BCUT2D eigenvalue weighted by Gasteiger charge is -2.21. The SMILES string of the molecule is [O-][NH+](O)c1cc([C@@H](O)Cc2ccc3ccccc3n2)ccc1[C@H](O)Cc1ccc2ccccc2n1. The number of nitrogens with zero attached hydrogens (tertiary/aromatic N) is 2. The van der Waals surface area contributed by atoms with Gasteiger partial charge in [0.2, 0.25) is 0 Å². The molecule has 4 N–H and O–H groups in total. The third-order valence-corrected chi connectivity index (χ3v) is 6.17. The first-order valence-electron chi connectivity index (χ1n) is 11.4. The highest BCUT2D eigenvalue weighted by Crippen LogP contribution is 2.28. The zero-order valence-corrected chi connectivity index (χ0v) is 18.9. The molecule has 2 aromatic heterocycles. The Morgan fingerprint density at radius 3 is 1.80 bits per heavy atom. The van der Waals surface area contributed by atoms with Gasteiger partial charge in [-0.15, -0.1) is 0 Å². The lowest BCUT2D eigenvalue weighted by Crippen LogP contribution is -2.99. The topological polar surface area (TPSA) is 114 Å². The standard InChI is InChI=1S/C28H25N3O4/c32-27(16-21-12-9-18-5-1-3-7-24(18)29-21)20-11-14-23(26(15-20)31(34)35)28(33)17-22-13-10-19-6-2-4-8-25(19)30-22/h1-15,27-28,31-34H,16-17H2/t27-,28+/m0/s1. The van der Waals surface area contributed by atoms with E-state index in [4.69, 9.17) is 0 Å². The highest BCUT2D eigenvalue weighted by Gasteiger charge is 2.21. The number of para-hydroxylation sites is 2. The van der Waals surface area contributed by atoms with Crippen LogP contribution in [-0.2, 0) is 12.8 Å². The van der Waals surface area contributed by atoms with Gasteiger partial charge in [0.1, 0.15) is 0 Å². The number of hydrogen-bond donors (Lipinski definition) is 4. The van der Waals surface area contributed by atoms with E-state index in [9.17, 15) is 20.6 Å². The van der Waals surface area contributed by atoms with Crippen molar-refractivity contribution in [1.29, 1.82) is 0 Å². The van der Waals surface area contributed by atoms with E-state index in [1.165, 1.54) is 6.07 Å². The highest BCUT2D eigenvalue weighted by atomic mass is 16.8. The summed E-state index contributed by atoms with van der Waals surface area (Å²) in [5.41, 5.74) is 3.73. The van der Waals surface area contributed by atoms with Crippen LogP contribution in [0.1, 0.15) is 34.7 Å². The van der Waals surface area contributed by atoms with Crippen LogP contribution < -0.4 is 5.23 Å². The first-order chi connectivity index (χ1) is 17.0. The van der Waals surface area contributed by atoms with E-state index < -0.39 is 17.4 Å². The molecule has 0 fully saturated rings. The molecule has 5 rings (SSSR count). The Hall–Kier alpha value is -3.72. The summed E-state index contributed by atoms with van der Waals surface area (Å²) < 4.78 is 0. The van der Waals surface area contributed by atoms with Crippen molar-refractivity contribution < 1.29 is 20.6 Å². The molecule has 176 valence electrons. The van der Waals surface area contributed by atoms with Crippen LogP contribution in [0.3, 0.4) is 0 Å². The fourth-order valence-corrected chi connectivity index (χ4v) is 4.32. The van der Waals surface area contributed by atoms with Crippen LogP contribution >= 0.6 is 0 Å². The van der Waals surface area contributed by atoms with Gasteiger partial charge in [-0.05, 0) is 35.9 Å².